The summed E-state index contributed by atoms with van der Waals surface area (Å²) in [5.74, 6) is -0.392. The minimum absolute atomic E-state index is 0.122. The molecular weight excluding hydrogens is 350 g/mol. The summed E-state index contributed by atoms with van der Waals surface area (Å²) in [6, 6.07) is 12.1. The van der Waals surface area contributed by atoms with Gasteiger partial charge in [-0.25, -0.2) is 12.7 Å². The molecule has 0 fully saturated rings. The summed E-state index contributed by atoms with van der Waals surface area (Å²) in [6.07, 6.45) is 0.303. The molecule has 0 aromatic heterocycles. The predicted octanol–water partition coefficient (Wildman–Crippen LogP) is 2.87. The van der Waals surface area contributed by atoms with Crippen LogP contribution >= 0.6 is 0 Å². The van der Waals surface area contributed by atoms with E-state index < -0.39 is 15.9 Å². The maximum atomic E-state index is 12.6. The summed E-state index contributed by atoms with van der Waals surface area (Å²) >= 11 is 0. The predicted molar refractivity (Wildman–Crippen MR) is 101 cm³/mol. The molecule has 6 nitrogen and oxygen atoms in total. The normalized spacial score (nSPS) is 11.2. The summed E-state index contributed by atoms with van der Waals surface area (Å²) in [5, 5.41) is 11.4. The van der Waals surface area contributed by atoms with Gasteiger partial charge in [-0.05, 0) is 54.8 Å². The Balaban J connectivity index is 2.35. The highest BCUT2D eigenvalue weighted by Crippen LogP contribution is 2.24. The van der Waals surface area contributed by atoms with Gasteiger partial charge in [0.1, 0.15) is 0 Å². The standard InChI is InChI=1S/C19H21N3O3S/c1-13-11-16(12-18(14(13)2)26(24,25)22(3)4)19(23)21-17-7-5-15(6-8-17)9-10-20/h5-8,11-12H,9H2,1-4H3,(H,21,23). The van der Waals surface area contributed by atoms with Crippen LogP contribution in [-0.2, 0) is 16.4 Å². The van der Waals surface area contributed by atoms with Crippen LogP contribution in [0, 0.1) is 25.2 Å². The number of amides is 1. The third kappa shape index (κ3) is 4.10. The zero-order valence-electron chi connectivity index (χ0n) is 15.2. The summed E-state index contributed by atoms with van der Waals surface area (Å²) < 4.78 is 26.1. The van der Waals surface area contributed by atoms with Crippen LogP contribution in [0.15, 0.2) is 41.3 Å². The van der Waals surface area contributed by atoms with Gasteiger partial charge < -0.3 is 5.32 Å². The van der Waals surface area contributed by atoms with Crippen LogP contribution in [0.3, 0.4) is 0 Å². The molecule has 0 unspecified atom stereocenters. The molecule has 0 aliphatic rings. The van der Waals surface area contributed by atoms with Crippen LogP contribution in [0.2, 0.25) is 0 Å². The highest BCUT2D eigenvalue weighted by atomic mass is 32.2. The molecule has 2 rings (SSSR count). The Morgan fingerprint density at radius 2 is 1.77 bits per heavy atom. The van der Waals surface area contributed by atoms with E-state index in [4.69, 9.17) is 5.26 Å². The van der Waals surface area contributed by atoms with Crippen molar-refractivity contribution in [2.24, 2.45) is 0 Å². The third-order valence-corrected chi connectivity index (χ3v) is 6.08. The van der Waals surface area contributed by atoms with Crippen molar-refractivity contribution in [1.29, 1.82) is 5.26 Å². The highest BCUT2D eigenvalue weighted by molar-refractivity contribution is 7.89. The number of hydrogen-bond donors (Lipinski definition) is 1. The van der Waals surface area contributed by atoms with Gasteiger partial charge in [-0.3, -0.25) is 4.79 Å². The number of anilines is 1. The molecule has 0 aliphatic carbocycles. The van der Waals surface area contributed by atoms with Crippen LogP contribution in [-0.4, -0.2) is 32.7 Å². The van der Waals surface area contributed by atoms with Crippen LogP contribution < -0.4 is 5.32 Å². The van der Waals surface area contributed by atoms with Gasteiger partial charge in [-0.1, -0.05) is 12.1 Å². The van der Waals surface area contributed by atoms with Gasteiger partial charge in [-0.2, -0.15) is 5.26 Å². The first-order valence-corrected chi connectivity index (χ1v) is 9.42. The van der Waals surface area contributed by atoms with Crippen LogP contribution in [0.25, 0.3) is 0 Å². The monoisotopic (exact) mass is 371 g/mol. The minimum Gasteiger partial charge on any atom is -0.322 e. The van der Waals surface area contributed by atoms with E-state index in [2.05, 4.69) is 11.4 Å². The van der Waals surface area contributed by atoms with Gasteiger partial charge in [-0.15, -0.1) is 0 Å². The Labute approximate surface area is 154 Å². The first-order chi connectivity index (χ1) is 12.2. The Kier molecular flexibility index (Phi) is 5.80. The second-order valence-electron chi connectivity index (χ2n) is 6.19. The van der Waals surface area contributed by atoms with Crippen LogP contribution in [0.1, 0.15) is 27.0 Å². The molecule has 2 aromatic carbocycles. The molecule has 2 aromatic rings. The number of carbonyl (C=O) groups is 1. The Morgan fingerprint density at radius 1 is 1.15 bits per heavy atom. The number of nitrogens with one attached hydrogen (secondary N) is 1. The van der Waals surface area contributed by atoms with Crippen molar-refractivity contribution >= 4 is 21.6 Å². The first kappa shape index (κ1) is 19.6. The molecule has 0 saturated heterocycles. The van der Waals surface area contributed by atoms with Gasteiger partial charge in [0.05, 0.1) is 17.4 Å². The fourth-order valence-corrected chi connectivity index (χ4v) is 3.64. The van der Waals surface area contributed by atoms with Gasteiger partial charge in [0.2, 0.25) is 10.0 Å². The number of nitrogens with zero attached hydrogens (tertiary/aromatic N) is 2. The highest BCUT2D eigenvalue weighted by Gasteiger charge is 2.23. The lowest BCUT2D eigenvalue weighted by Crippen LogP contribution is -2.24. The number of rotatable bonds is 5. The zero-order valence-corrected chi connectivity index (χ0v) is 16.0. The molecule has 0 radical (unpaired) electrons. The number of sulfonamides is 1. The van der Waals surface area contributed by atoms with E-state index in [0.717, 1.165) is 15.4 Å². The van der Waals surface area contributed by atoms with Gasteiger partial charge in [0.15, 0.2) is 0 Å². The van der Waals surface area contributed by atoms with E-state index in [1.807, 2.05) is 0 Å². The number of hydrogen-bond acceptors (Lipinski definition) is 4. The summed E-state index contributed by atoms with van der Waals surface area (Å²) in [4.78, 5) is 12.7. The summed E-state index contributed by atoms with van der Waals surface area (Å²) in [5.41, 5.74) is 3.05. The van der Waals surface area contributed by atoms with E-state index in [-0.39, 0.29) is 10.5 Å². The fraction of sp³-hybridized carbons (Fsp3) is 0.263. The van der Waals surface area contributed by atoms with Crippen molar-refractivity contribution in [2.45, 2.75) is 25.2 Å². The Morgan fingerprint density at radius 3 is 2.31 bits per heavy atom. The lowest BCUT2D eigenvalue weighted by molar-refractivity contribution is 0.102. The maximum Gasteiger partial charge on any atom is 0.255 e. The van der Waals surface area contributed by atoms with Crippen LogP contribution in [0.5, 0.6) is 0 Å². The quantitative estimate of drug-likeness (QED) is 0.875. The Hall–Kier alpha value is -2.69. The Bertz CT molecular complexity index is 972. The SMILES string of the molecule is Cc1cc(C(=O)Nc2ccc(CC#N)cc2)cc(S(=O)(=O)N(C)C)c1C. The van der Waals surface area contributed by atoms with Gasteiger partial charge in [0, 0.05) is 25.3 Å². The van der Waals surface area contributed by atoms with Crippen molar-refractivity contribution in [3.05, 3.63) is 58.7 Å². The molecule has 136 valence electrons. The average molecular weight is 371 g/mol. The molecule has 0 heterocycles. The molecule has 0 bridgehead atoms. The van der Waals surface area contributed by atoms with Crippen molar-refractivity contribution in [2.75, 3.05) is 19.4 Å². The molecule has 1 amide bonds. The smallest absolute Gasteiger partial charge is 0.255 e. The van der Waals surface area contributed by atoms with Crippen molar-refractivity contribution in [1.82, 2.24) is 4.31 Å². The largest absolute Gasteiger partial charge is 0.322 e. The first-order valence-electron chi connectivity index (χ1n) is 7.98. The van der Waals surface area contributed by atoms with Crippen LogP contribution in [0.4, 0.5) is 5.69 Å². The van der Waals surface area contributed by atoms with E-state index in [1.54, 1.807) is 44.2 Å². The van der Waals surface area contributed by atoms with E-state index in [0.29, 0.717) is 17.7 Å². The van der Waals surface area contributed by atoms with Gasteiger partial charge >= 0.3 is 0 Å². The van der Waals surface area contributed by atoms with Crippen molar-refractivity contribution < 1.29 is 13.2 Å². The lowest BCUT2D eigenvalue weighted by Gasteiger charge is -2.16. The average Bonchev–Trinajstić information content (AvgIpc) is 2.58. The minimum atomic E-state index is -3.65. The molecule has 0 aliphatic heterocycles. The van der Waals surface area contributed by atoms with E-state index in [1.165, 1.54) is 20.2 Å². The van der Waals surface area contributed by atoms with E-state index in [9.17, 15) is 13.2 Å². The van der Waals surface area contributed by atoms with Gasteiger partial charge in [0.25, 0.3) is 5.91 Å². The fourth-order valence-electron chi connectivity index (χ4n) is 2.42. The second kappa shape index (κ2) is 7.68. The second-order valence-corrected chi connectivity index (χ2v) is 8.31. The van der Waals surface area contributed by atoms with Crippen molar-refractivity contribution in [3.8, 4) is 6.07 Å². The lowest BCUT2D eigenvalue weighted by atomic mass is 10.1. The molecular formula is C19H21N3O3S. The maximum absolute atomic E-state index is 12.6. The molecule has 7 heteroatoms. The summed E-state index contributed by atoms with van der Waals surface area (Å²) in [7, 11) is -0.732. The molecule has 0 spiro atoms. The summed E-state index contributed by atoms with van der Waals surface area (Å²) in [6.45, 7) is 3.50. The number of aryl methyl sites for hydroxylation is 1. The third-order valence-electron chi connectivity index (χ3n) is 4.14. The zero-order chi connectivity index (χ0) is 19.5. The number of nitriles is 1. The van der Waals surface area contributed by atoms with E-state index >= 15 is 0 Å². The molecule has 26 heavy (non-hydrogen) atoms. The van der Waals surface area contributed by atoms with Crippen molar-refractivity contribution in [3.63, 3.8) is 0 Å². The topological polar surface area (TPSA) is 90.3 Å². The number of carbonyl (C=O) groups excluding carboxylic acids is 1. The number of benzene rings is 2. The molecule has 0 atom stereocenters. The molecule has 0 saturated carbocycles. The molecule has 1 N–H and O–H groups in total.